The minimum Gasteiger partial charge on any atom is -0.493 e. The van der Waals surface area contributed by atoms with Crippen LogP contribution in [-0.4, -0.2) is 20.1 Å². The zero-order valence-electron chi connectivity index (χ0n) is 12.9. The van der Waals surface area contributed by atoms with Crippen LogP contribution in [0.25, 0.3) is 6.08 Å². The zero-order chi connectivity index (χ0) is 17.7. The molecule has 0 atom stereocenters. The number of nitrogens with one attached hydrogen (secondary N) is 1. The molecule has 2 aromatic rings. The van der Waals surface area contributed by atoms with Gasteiger partial charge in [-0.25, -0.2) is 0 Å². The van der Waals surface area contributed by atoms with E-state index in [-0.39, 0.29) is 5.91 Å². The monoisotopic (exact) mass is 429 g/mol. The van der Waals surface area contributed by atoms with Gasteiger partial charge in [0.15, 0.2) is 11.5 Å². The molecule has 0 aliphatic rings. The summed E-state index contributed by atoms with van der Waals surface area (Å²) in [6.45, 7) is 0. The highest BCUT2D eigenvalue weighted by Gasteiger charge is 2.10. The predicted molar refractivity (Wildman–Crippen MR) is 101 cm³/mol. The average Bonchev–Trinajstić information content (AvgIpc) is 2.55. The lowest BCUT2D eigenvalue weighted by Gasteiger charge is -2.10. The Morgan fingerprint density at radius 1 is 1.17 bits per heavy atom. The molecule has 2 rings (SSSR count). The molecule has 1 N–H and O–H groups in total. The van der Waals surface area contributed by atoms with Crippen molar-refractivity contribution >= 4 is 56.8 Å². The summed E-state index contributed by atoms with van der Waals surface area (Å²) in [6.07, 6.45) is 3.06. The van der Waals surface area contributed by atoms with Crippen molar-refractivity contribution in [1.82, 2.24) is 0 Å². The third kappa shape index (κ3) is 4.66. The fourth-order valence-electron chi connectivity index (χ4n) is 1.97. The van der Waals surface area contributed by atoms with Crippen LogP contribution in [0.1, 0.15) is 5.56 Å². The fourth-order valence-corrected chi connectivity index (χ4v) is 3.05. The van der Waals surface area contributed by atoms with E-state index in [4.69, 9.17) is 32.7 Å². The minimum absolute atomic E-state index is 0.315. The molecule has 7 heteroatoms. The van der Waals surface area contributed by atoms with E-state index in [0.717, 1.165) is 10.0 Å². The predicted octanol–water partition coefficient (Wildman–Crippen LogP) is 5.43. The van der Waals surface area contributed by atoms with Crippen LogP contribution in [0, 0.1) is 0 Å². The normalized spacial score (nSPS) is 10.7. The lowest BCUT2D eigenvalue weighted by atomic mass is 10.2. The van der Waals surface area contributed by atoms with E-state index in [9.17, 15) is 4.79 Å². The van der Waals surface area contributed by atoms with Gasteiger partial charge in [0.1, 0.15) is 0 Å². The van der Waals surface area contributed by atoms with E-state index >= 15 is 0 Å². The summed E-state index contributed by atoms with van der Waals surface area (Å²) in [4.78, 5) is 12.0. The van der Waals surface area contributed by atoms with Gasteiger partial charge in [0, 0.05) is 11.1 Å². The molecular weight excluding hydrogens is 417 g/mol. The lowest BCUT2D eigenvalue weighted by molar-refractivity contribution is -0.111. The van der Waals surface area contributed by atoms with Crippen LogP contribution in [-0.2, 0) is 4.79 Å². The molecule has 2 aromatic carbocycles. The molecule has 0 aliphatic carbocycles. The number of hydrogen-bond acceptors (Lipinski definition) is 3. The number of rotatable bonds is 5. The van der Waals surface area contributed by atoms with E-state index in [0.29, 0.717) is 27.2 Å². The highest BCUT2D eigenvalue weighted by Crippen LogP contribution is 2.36. The van der Waals surface area contributed by atoms with Gasteiger partial charge in [-0.1, -0.05) is 23.2 Å². The Hall–Kier alpha value is -1.69. The van der Waals surface area contributed by atoms with Crippen molar-refractivity contribution in [3.63, 3.8) is 0 Å². The molecule has 0 heterocycles. The first-order chi connectivity index (χ1) is 11.4. The number of methoxy groups -OCH3 is 2. The maximum atomic E-state index is 12.0. The summed E-state index contributed by atoms with van der Waals surface area (Å²) in [5.41, 5.74) is 1.26. The molecule has 24 heavy (non-hydrogen) atoms. The molecule has 0 saturated heterocycles. The van der Waals surface area contributed by atoms with Crippen LogP contribution >= 0.6 is 39.1 Å². The average molecular weight is 431 g/mol. The largest absolute Gasteiger partial charge is 0.493 e. The maximum absolute atomic E-state index is 12.0. The Bertz CT molecular complexity index is 794. The van der Waals surface area contributed by atoms with E-state index in [1.807, 2.05) is 6.07 Å². The number of amides is 1. The highest BCUT2D eigenvalue weighted by atomic mass is 79.9. The van der Waals surface area contributed by atoms with Gasteiger partial charge in [-0.2, -0.15) is 0 Å². The third-order valence-corrected chi connectivity index (χ3v) is 4.21. The van der Waals surface area contributed by atoms with Crippen molar-refractivity contribution in [2.24, 2.45) is 0 Å². The van der Waals surface area contributed by atoms with Gasteiger partial charge in [-0.05, 0) is 57.9 Å². The van der Waals surface area contributed by atoms with E-state index < -0.39 is 0 Å². The van der Waals surface area contributed by atoms with E-state index in [1.54, 1.807) is 44.6 Å². The molecule has 0 aromatic heterocycles. The molecular formula is C17H14BrCl2NO3. The summed E-state index contributed by atoms with van der Waals surface area (Å²) in [5, 5.41) is 3.57. The van der Waals surface area contributed by atoms with Crippen LogP contribution in [0.15, 0.2) is 40.9 Å². The second-order valence-corrected chi connectivity index (χ2v) is 6.38. The Balaban J connectivity index is 2.15. The van der Waals surface area contributed by atoms with E-state index in [1.165, 1.54) is 6.08 Å². The molecule has 126 valence electrons. The molecule has 0 aliphatic heterocycles. The van der Waals surface area contributed by atoms with Crippen LogP contribution < -0.4 is 14.8 Å². The van der Waals surface area contributed by atoms with Gasteiger partial charge in [0.2, 0.25) is 5.91 Å². The van der Waals surface area contributed by atoms with Crippen molar-refractivity contribution < 1.29 is 14.3 Å². The quantitative estimate of drug-likeness (QED) is 0.643. The molecule has 0 unspecified atom stereocenters. The van der Waals surface area contributed by atoms with Crippen LogP contribution in [0.4, 0.5) is 5.69 Å². The van der Waals surface area contributed by atoms with Gasteiger partial charge in [-0.15, -0.1) is 0 Å². The summed E-state index contributed by atoms with van der Waals surface area (Å²) >= 11 is 15.3. The Kier molecular flexibility index (Phi) is 6.54. The molecule has 0 saturated carbocycles. The zero-order valence-corrected chi connectivity index (χ0v) is 16.0. The Morgan fingerprint density at radius 3 is 2.54 bits per heavy atom. The van der Waals surface area contributed by atoms with Crippen molar-refractivity contribution in [2.45, 2.75) is 0 Å². The topological polar surface area (TPSA) is 47.6 Å². The highest BCUT2D eigenvalue weighted by molar-refractivity contribution is 9.10. The number of halogens is 3. The van der Waals surface area contributed by atoms with Crippen LogP contribution in [0.5, 0.6) is 11.5 Å². The van der Waals surface area contributed by atoms with Crippen molar-refractivity contribution in [3.8, 4) is 11.5 Å². The second kappa shape index (κ2) is 8.42. The van der Waals surface area contributed by atoms with Crippen molar-refractivity contribution in [2.75, 3.05) is 19.5 Å². The van der Waals surface area contributed by atoms with Crippen LogP contribution in [0.3, 0.4) is 0 Å². The van der Waals surface area contributed by atoms with Gasteiger partial charge < -0.3 is 14.8 Å². The van der Waals surface area contributed by atoms with Gasteiger partial charge in [-0.3, -0.25) is 4.79 Å². The number of carbonyl (C=O) groups excluding carboxylic acids is 1. The molecule has 0 spiro atoms. The second-order valence-electron chi connectivity index (χ2n) is 4.68. The summed E-state index contributed by atoms with van der Waals surface area (Å²) < 4.78 is 11.2. The maximum Gasteiger partial charge on any atom is 0.248 e. The number of carbonyl (C=O) groups is 1. The molecule has 1 amide bonds. The minimum atomic E-state index is -0.315. The molecule has 0 bridgehead atoms. The van der Waals surface area contributed by atoms with Crippen molar-refractivity contribution in [3.05, 3.63) is 56.5 Å². The Labute approximate surface area is 158 Å². The summed E-state index contributed by atoms with van der Waals surface area (Å²) in [7, 11) is 3.11. The first-order valence-electron chi connectivity index (χ1n) is 6.80. The number of hydrogen-bond donors (Lipinski definition) is 1. The van der Waals surface area contributed by atoms with Gasteiger partial charge >= 0.3 is 0 Å². The van der Waals surface area contributed by atoms with E-state index in [2.05, 4.69) is 21.2 Å². The number of anilines is 1. The van der Waals surface area contributed by atoms with Gasteiger partial charge in [0.05, 0.1) is 29.4 Å². The van der Waals surface area contributed by atoms with Crippen molar-refractivity contribution in [1.29, 1.82) is 0 Å². The number of ether oxygens (including phenoxy) is 2. The molecule has 0 fully saturated rings. The molecule has 0 radical (unpaired) electrons. The molecule has 4 nitrogen and oxygen atoms in total. The van der Waals surface area contributed by atoms with Crippen LogP contribution in [0.2, 0.25) is 10.0 Å². The number of benzene rings is 2. The standard InChI is InChI=1S/C17H14BrCl2NO3/c1-23-15-8-10(7-12(18)17(15)24-2)3-6-16(22)21-14-5-4-11(19)9-13(14)20/h3-9H,1-2H3,(H,21,22)/b6-3+. The third-order valence-electron chi connectivity index (χ3n) is 3.07. The first-order valence-corrected chi connectivity index (χ1v) is 8.35. The summed E-state index contributed by atoms with van der Waals surface area (Å²) in [6, 6.07) is 8.44. The van der Waals surface area contributed by atoms with Gasteiger partial charge in [0.25, 0.3) is 0 Å². The SMILES string of the molecule is COc1cc(/C=C/C(=O)Nc2ccc(Cl)cc2Cl)cc(Br)c1OC. The summed E-state index contributed by atoms with van der Waals surface area (Å²) in [5.74, 6) is 0.838. The lowest BCUT2D eigenvalue weighted by Crippen LogP contribution is -2.08. The smallest absolute Gasteiger partial charge is 0.248 e. The first kappa shape index (κ1) is 18.6. The fraction of sp³-hybridized carbons (Fsp3) is 0.118. The Morgan fingerprint density at radius 2 is 1.92 bits per heavy atom.